The van der Waals surface area contributed by atoms with Crippen LogP contribution < -0.4 is 0 Å². The third-order valence-electron chi connectivity index (χ3n) is 4.87. The SMILES string of the molecule is CCN1C(=O)c2cc(C#N)c(N=Nc3sc(Cc4ccccc4)nc3C)c(Br)c2C1=O. The van der Waals surface area contributed by atoms with E-state index >= 15 is 0 Å². The maximum atomic E-state index is 12.6. The summed E-state index contributed by atoms with van der Waals surface area (Å²) in [6.45, 7) is 3.83. The van der Waals surface area contributed by atoms with Crippen molar-refractivity contribution in [2.24, 2.45) is 10.2 Å². The summed E-state index contributed by atoms with van der Waals surface area (Å²) < 4.78 is 0.297. The molecule has 0 atom stereocenters. The van der Waals surface area contributed by atoms with E-state index in [2.05, 4.69) is 31.1 Å². The number of carbonyl (C=O) groups excluding carboxylic acids is 2. The fourth-order valence-corrected chi connectivity index (χ4v) is 4.93. The lowest BCUT2D eigenvalue weighted by molar-refractivity contribution is 0.0662. The van der Waals surface area contributed by atoms with Gasteiger partial charge < -0.3 is 0 Å². The molecule has 0 saturated carbocycles. The highest BCUT2D eigenvalue weighted by molar-refractivity contribution is 9.10. The molecule has 0 fully saturated rings. The van der Waals surface area contributed by atoms with Gasteiger partial charge in [0.25, 0.3) is 11.8 Å². The number of benzene rings is 2. The van der Waals surface area contributed by atoms with Gasteiger partial charge >= 0.3 is 0 Å². The summed E-state index contributed by atoms with van der Waals surface area (Å²) in [5.41, 5.74) is 2.69. The fraction of sp³-hybridized carbons (Fsp3) is 0.182. The number of nitrogens with zero attached hydrogens (tertiary/aromatic N) is 5. The second kappa shape index (κ2) is 8.49. The van der Waals surface area contributed by atoms with Crippen LogP contribution in [0.15, 0.2) is 51.1 Å². The van der Waals surface area contributed by atoms with Gasteiger partial charge in [0, 0.05) is 13.0 Å². The first-order valence-electron chi connectivity index (χ1n) is 9.49. The van der Waals surface area contributed by atoms with Gasteiger partial charge in [-0.2, -0.15) is 5.26 Å². The molecule has 154 valence electrons. The van der Waals surface area contributed by atoms with Crippen molar-refractivity contribution in [3.8, 4) is 6.07 Å². The monoisotopic (exact) mass is 493 g/mol. The zero-order valence-corrected chi connectivity index (χ0v) is 19.1. The Kier molecular flexibility index (Phi) is 5.76. The Labute approximate surface area is 191 Å². The van der Waals surface area contributed by atoms with Crippen LogP contribution in [0.3, 0.4) is 0 Å². The molecular formula is C22H16BrN5O2S. The van der Waals surface area contributed by atoms with Crippen molar-refractivity contribution in [2.45, 2.75) is 20.3 Å². The van der Waals surface area contributed by atoms with E-state index in [0.717, 1.165) is 21.2 Å². The molecule has 0 bridgehead atoms. The highest BCUT2D eigenvalue weighted by Gasteiger charge is 2.38. The van der Waals surface area contributed by atoms with Crippen LogP contribution in [0.2, 0.25) is 0 Å². The molecular weight excluding hydrogens is 478 g/mol. The number of carbonyl (C=O) groups is 2. The Morgan fingerprint density at radius 2 is 1.94 bits per heavy atom. The number of aryl methyl sites for hydroxylation is 1. The molecule has 0 aliphatic carbocycles. The van der Waals surface area contributed by atoms with Gasteiger partial charge in [0.1, 0.15) is 11.8 Å². The Morgan fingerprint density at radius 1 is 1.19 bits per heavy atom. The standard InChI is InChI=1S/C22H16BrN5O2S/c1-3-28-21(29)15-10-14(11-24)19(18(23)17(15)22(28)30)26-27-20-12(2)25-16(31-20)9-13-7-5-4-6-8-13/h4-8,10H,3,9H2,1-2H3. The van der Waals surface area contributed by atoms with E-state index in [1.54, 1.807) is 6.92 Å². The fourth-order valence-electron chi connectivity index (χ4n) is 3.34. The minimum Gasteiger partial charge on any atom is -0.275 e. The van der Waals surface area contributed by atoms with Crippen molar-refractivity contribution >= 4 is 49.8 Å². The minimum atomic E-state index is -0.410. The molecule has 1 aliphatic heterocycles. The number of halogens is 1. The molecule has 2 heterocycles. The van der Waals surface area contributed by atoms with Crippen molar-refractivity contribution in [2.75, 3.05) is 6.54 Å². The third kappa shape index (κ3) is 3.80. The van der Waals surface area contributed by atoms with Gasteiger partial charge in [-0.05, 0) is 41.4 Å². The first-order chi connectivity index (χ1) is 14.9. The van der Waals surface area contributed by atoms with Crippen LogP contribution in [0.5, 0.6) is 0 Å². The summed E-state index contributed by atoms with van der Waals surface area (Å²) in [6, 6.07) is 13.5. The Hall–Kier alpha value is -3.22. The summed E-state index contributed by atoms with van der Waals surface area (Å²) in [5.74, 6) is -0.818. The maximum absolute atomic E-state index is 12.6. The van der Waals surface area contributed by atoms with E-state index in [0.29, 0.717) is 15.9 Å². The predicted octanol–water partition coefficient (Wildman–Crippen LogP) is 5.71. The number of amides is 2. The molecule has 0 N–H and O–H groups in total. The summed E-state index contributed by atoms with van der Waals surface area (Å²) in [6.07, 6.45) is 0.692. The molecule has 1 aliphatic rings. The molecule has 2 aromatic carbocycles. The van der Waals surface area contributed by atoms with Crippen LogP contribution in [-0.4, -0.2) is 28.2 Å². The van der Waals surface area contributed by atoms with E-state index in [1.807, 2.05) is 43.3 Å². The molecule has 0 saturated heterocycles. The van der Waals surface area contributed by atoms with Crippen LogP contribution >= 0.6 is 27.3 Å². The first kappa shape index (κ1) is 21.0. The molecule has 2 amide bonds. The van der Waals surface area contributed by atoms with Crippen molar-refractivity contribution in [3.05, 3.63) is 73.8 Å². The van der Waals surface area contributed by atoms with Crippen molar-refractivity contribution in [1.29, 1.82) is 5.26 Å². The highest BCUT2D eigenvalue weighted by Crippen LogP contribution is 2.40. The molecule has 31 heavy (non-hydrogen) atoms. The van der Waals surface area contributed by atoms with Crippen LogP contribution in [0.25, 0.3) is 0 Å². The van der Waals surface area contributed by atoms with E-state index in [-0.39, 0.29) is 28.9 Å². The number of nitriles is 1. The lowest BCUT2D eigenvalue weighted by Crippen LogP contribution is -2.29. The lowest BCUT2D eigenvalue weighted by atomic mass is 10.0. The summed E-state index contributed by atoms with van der Waals surface area (Å²) in [7, 11) is 0. The van der Waals surface area contributed by atoms with Gasteiger partial charge in [0.05, 0.1) is 31.9 Å². The summed E-state index contributed by atoms with van der Waals surface area (Å²) >= 11 is 4.80. The van der Waals surface area contributed by atoms with Crippen LogP contribution in [0.1, 0.15) is 49.5 Å². The molecule has 1 aromatic heterocycles. The van der Waals surface area contributed by atoms with Crippen molar-refractivity contribution in [1.82, 2.24) is 9.88 Å². The minimum absolute atomic E-state index is 0.167. The third-order valence-corrected chi connectivity index (χ3v) is 6.68. The summed E-state index contributed by atoms with van der Waals surface area (Å²) in [4.78, 5) is 30.8. The zero-order chi connectivity index (χ0) is 22.1. The number of hydrogen-bond donors (Lipinski definition) is 0. The largest absolute Gasteiger partial charge is 0.275 e. The molecule has 9 heteroatoms. The normalized spacial score (nSPS) is 13.2. The molecule has 0 spiro atoms. The number of azo groups is 1. The van der Waals surface area contributed by atoms with Crippen LogP contribution in [0.4, 0.5) is 10.7 Å². The smallest absolute Gasteiger partial charge is 0.262 e. The molecule has 3 aromatic rings. The average Bonchev–Trinajstić information content (AvgIpc) is 3.23. The number of hydrogen-bond acceptors (Lipinski definition) is 7. The number of fused-ring (bicyclic) bond motifs is 1. The van der Waals surface area contributed by atoms with Crippen molar-refractivity contribution in [3.63, 3.8) is 0 Å². The first-order valence-corrected chi connectivity index (χ1v) is 11.1. The highest BCUT2D eigenvalue weighted by atomic mass is 79.9. The number of rotatable bonds is 5. The van der Waals surface area contributed by atoms with Gasteiger partial charge in [0.2, 0.25) is 0 Å². The Balaban J connectivity index is 1.69. The van der Waals surface area contributed by atoms with Crippen LogP contribution in [-0.2, 0) is 6.42 Å². The zero-order valence-electron chi connectivity index (χ0n) is 16.7. The quantitative estimate of drug-likeness (QED) is 0.335. The second-order valence-electron chi connectivity index (χ2n) is 6.84. The number of aromatic nitrogens is 1. The van der Waals surface area contributed by atoms with E-state index in [1.165, 1.54) is 17.4 Å². The number of imide groups is 1. The average molecular weight is 494 g/mol. The Morgan fingerprint density at radius 3 is 2.61 bits per heavy atom. The Bertz CT molecular complexity index is 1280. The molecule has 7 nitrogen and oxygen atoms in total. The van der Waals surface area contributed by atoms with Gasteiger partial charge in [-0.25, -0.2) is 4.98 Å². The van der Waals surface area contributed by atoms with Crippen molar-refractivity contribution < 1.29 is 9.59 Å². The van der Waals surface area contributed by atoms with E-state index in [9.17, 15) is 14.9 Å². The maximum Gasteiger partial charge on any atom is 0.262 e. The second-order valence-corrected chi connectivity index (χ2v) is 8.69. The molecule has 0 unspecified atom stereocenters. The van der Waals surface area contributed by atoms with Crippen LogP contribution in [0, 0.1) is 18.3 Å². The van der Waals surface area contributed by atoms with Gasteiger partial charge in [-0.15, -0.1) is 10.2 Å². The van der Waals surface area contributed by atoms with E-state index in [4.69, 9.17) is 0 Å². The van der Waals surface area contributed by atoms with Gasteiger partial charge in [-0.3, -0.25) is 14.5 Å². The molecule has 0 radical (unpaired) electrons. The topological polar surface area (TPSA) is 98.8 Å². The lowest BCUT2D eigenvalue weighted by Gasteiger charge is -2.09. The molecule has 4 rings (SSSR count). The number of thiazole rings is 1. The van der Waals surface area contributed by atoms with Gasteiger partial charge in [-0.1, -0.05) is 41.7 Å². The van der Waals surface area contributed by atoms with Gasteiger partial charge in [0.15, 0.2) is 5.00 Å². The summed E-state index contributed by atoms with van der Waals surface area (Å²) in [5, 5.41) is 19.7. The van der Waals surface area contributed by atoms with E-state index < -0.39 is 11.8 Å². The predicted molar refractivity (Wildman–Crippen MR) is 120 cm³/mol.